The minimum Gasteiger partial charge on any atom is -0.494 e. The highest BCUT2D eigenvalue weighted by atomic mass is 79.9. The molecule has 1 saturated heterocycles. The van der Waals surface area contributed by atoms with Crippen molar-refractivity contribution in [2.75, 3.05) is 13.2 Å². The quantitative estimate of drug-likeness (QED) is 0.694. The van der Waals surface area contributed by atoms with E-state index in [1.165, 1.54) is 24.8 Å². The van der Waals surface area contributed by atoms with Gasteiger partial charge in [-0.2, -0.15) is 0 Å². The van der Waals surface area contributed by atoms with Gasteiger partial charge in [0, 0.05) is 11.4 Å². The van der Waals surface area contributed by atoms with Crippen molar-refractivity contribution in [1.82, 2.24) is 0 Å². The number of alkyl halides is 1. The van der Waals surface area contributed by atoms with E-state index in [0.717, 1.165) is 31.8 Å². The number of halogens is 1. The van der Waals surface area contributed by atoms with Crippen LogP contribution in [0.4, 0.5) is 0 Å². The van der Waals surface area contributed by atoms with E-state index in [1.54, 1.807) is 0 Å². The van der Waals surface area contributed by atoms with E-state index in [-0.39, 0.29) is 0 Å². The van der Waals surface area contributed by atoms with Gasteiger partial charge < -0.3 is 9.47 Å². The van der Waals surface area contributed by atoms with Crippen LogP contribution in [0.15, 0.2) is 24.3 Å². The van der Waals surface area contributed by atoms with Gasteiger partial charge in [-0.15, -0.1) is 0 Å². The van der Waals surface area contributed by atoms with Crippen LogP contribution < -0.4 is 4.74 Å². The Morgan fingerprint density at radius 3 is 2.74 bits per heavy atom. The zero-order valence-corrected chi connectivity index (χ0v) is 13.2. The van der Waals surface area contributed by atoms with Gasteiger partial charge in [0.05, 0.1) is 12.7 Å². The maximum Gasteiger partial charge on any atom is 0.119 e. The predicted octanol–water partition coefficient (Wildman–Crippen LogP) is 4.87. The second-order valence-electron chi connectivity index (χ2n) is 5.04. The van der Waals surface area contributed by atoms with Crippen molar-refractivity contribution < 1.29 is 9.47 Å². The van der Waals surface area contributed by atoms with Gasteiger partial charge in [0.2, 0.25) is 0 Å². The second-order valence-corrected chi connectivity index (χ2v) is 6.14. The van der Waals surface area contributed by atoms with Gasteiger partial charge in [-0.3, -0.25) is 0 Å². The molecule has 0 spiro atoms. The highest BCUT2D eigenvalue weighted by Crippen LogP contribution is 2.31. The molecule has 0 radical (unpaired) electrons. The summed E-state index contributed by atoms with van der Waals surface area (Å²) >= 11 is 3.78. The van der Waals surface area contributed by atoms with Crippen LogP contribution in [0.3, 0.4) is 0 Å². The molecule has 0 aromatic heterocycles. The lowest BCUT2D eigenvalue weighted by atomic mass is 10.0. The molecule has 19 heavy (non-hydrogen) atoms. The standard InChI is InChI=1S/C16H23BrO2/c1-2-18-15-8-6-13(7-9-15)16(17)11-10-14-5-3-4-12-19-14/h6-9,14,16H,2-5,10-12H2,1H3. The van der Waals surface area contributed by atoms with Crippen molar-refractivity contribution >= 4 is 15.9 Å². The molecule has 106 valence electrons. The summed E-state index contributed by atoms with van der Waals surface area (Å²) < 4.78 is 11.2. The van der Waals surface area contributed by atoms with Gasteiger partial charge in [0.25, 0.3) is 0 Å². The lowest BCUT2D eigenvalue weighted by molar-refractivity contribution is 0.0102. The van der Waals surface area contributed by atoms with Crippen LogP contribution in [0, 0.1) is 0 Å². The largest absolute Gasteiger partial charge is 0.494 e. The second kappa shape index (κ2) is 7.91. The van der Waals surface area contributed by atoms with Crippen molar-refractivity contribution in [3.63, 3.8) is 0 Å². The van der Waals surface area contributed by atoms with Gasteiger partial charge in [0.15, 0.2) is 0 Å². The highest BCUT2D eigenvalue weighted by molar-refractivity contribution is 9.09. The molecular weight excluding hydrogens is 304 g/mol. The molecular formula is C16H23BrO2. The average molecular weight is 327 g/mol. The highest BCUT2D eigenvalue weighted by Gasteiger charge is 2.16. The predicted molar refractivity (Wildman–Crippen MR) is 82.1 cm³/mol. The van der Waals surface area contributed by atoms with Crippen LogP contribution in [0.1, 0.15) is 49.4 Å². The summed E-state index contributed by atoms with van der Waals surface area (Å²) in [5.74, 6) is 0.946. The van der Waals surface area contributed by atoms with Crippen LogP contribution >= 0.6 is 15.9 Å². The summed E-state index contributed by atoms with van der Waals surface area (Å²) in [5, 5.41) is 0. The van der Waals surface area contributed by atoms with Gasteiger partial charge in [-0.1, -0.05) is 28.1 Å². The third-order valence-electron chi connectivity index (χ3n) is 3.57. The van der Waals surface area contributed by atoms with E-state index in [1.807, 2.05) is 19.1 Å². The Morgan fingerprint density at radius 1 is 1.32 bits per heavy atom. The van der Waals surface area contributed by atoms with E-state index in [4.69, 9.17) is 9.47 Å². The fourth-order valence-corrected chi connectivity index (χ4v) is 3.04. The maximum atomic E-state index is 5.77. The average Bonchev–Trinajstić information content (AvgIpc) is 2.47. The SMILES string of the molecule is CCOc1ccc(C(Br)CCC2CCCCO2)cc1. The molecule has 0 amide bonds. The fourth-order valence-electron chi connectivity index (χ4n) is 2.47. The monoisotopic (exact) mass is 326 g/mol. The summed E-state index contributed by atoms with van der Waals surface area (Å²) in [6.07, 6.45) is 6.51. The molecule has 3 heteroatoms. The van der Waals surface area contributed by atoms with E-state index in [2.05, 4.69) is 28.1 Å². The minimum atomic E-state index is 0.411. The summed E-state index contributed by atoms with van der Waals surface area (Å²) in [7, 11) is 0. The molecule has 0 aliphatic carbocycles. The third-order valence-corrected chi connectivity index (χ3v) is 4.56. The third kappa shape index (κ3) is 4.81. The van der Waals surface area contributed by atoms with E-state index in [9.17, 15) is 0 Å². The molecule has 0 saturated carbocycles. The topological polar surface area (TPSA) is 18.5 Å². The Labute approximate surface area is 124 Å². The lowest BCUT2D eigenvalue weighted by Gasteiger charge is -2.23. The first kappa shape index (κ1) is 14.9. The lowest BCUT2D eigenvalue weighted by Crippen LogP contribution is -2.19. The first-order valence-electron chi connectivity index (χ1n) is 7.28. The van der Waals surface area contributed by atoms with E-state index in [0.29, 0.717) is 10.9 Å². The number of benzene rings is 1. The molecule has 2 rings (SSSR count). The first-order valence-corrected chi connectivity index (χ1v) is 8.19. The zero-order chi connectivity index (χ0) is 13.5. The van der Waals surface area contributed by atoms with Crippen molar-refractivity contribution in [1.29, 1.82) is 0 Å². The Hall–Kier alpha value is -0.540. The summed E-state index contributed by atoms with van der Waals surface area (Å²) in [4.78, 5) is 0.411. The van der Waals surface area contributed by atoms with Gasteiger partial charge in [-0.25, -0.2) is 0 Å². The molecule has 0 bridgehead atoms. The minimum absolute atomic E-state index is 0.411. The van der Waals surface area contributed by atoms with Crippen molar-refractivity contribution in [2.24, 2.45) is 0 Å². The first-order chi connectivity index (χ1) is 9.29. The molecule has 1 heterocycles. The van der Waals surface area contributed by atoms with Crippen molar-refractivity contribution in [3.8, 4) is 5.75 Å². The summed E-state index contributed by atoms with van der Waals surface area (Å²) in [6.45, 7) is 3.67. The molecule has 1 aromatic carbocycles. The van der Waals surface area contributed by atoms with Crippen LogP contribution in [0.2, 0.25) is 0 Å². The number of hydrogen-bond acceptors (Lipinski definition) is 2. The maximum absolute atomic E-state index is 5.77. The van der Waals surface area contributed by atoms with Crippen LogP contribution in [0.5, 0.6) is 5.75 Å². The van der Waals surface area contributed by atoms with Crippen LogP contribution in [-0.2, 0) is 4.74 Å². The molecule has 0 N–H and O–H groups in total. The number of ether oxygens (including phenoxy) is 2. The molecule has 1 aliphatic rings. The van der Waals surface area contributed by atoms with Crippen LogP contribution in [-0.4, -0.2) is 19.3 Å². The molecule has 2 unspecified atom stereocenters. The van der Waals surface area contributed by atoms with E-state index < -0.39 is 0 Å². The van der Waals surface area contributed by atoms with Crippen molar-refractivity contribution in [2.45, 2.75) is 50.0 Å². The zero-order valence-electron chi connectivity index (χ0n) is 11.6. The Bertz CT molecular complexity index is 358. The molecule has 2 nitrogen and oxygen atoms in total. The molecule has 2 atom stereocenters. The molecule has 1 aromatic rings. The smallest absolute Gasteiger partial charge is 0.119 e. The normalized spacial score (nSPS) is 21.1. The summed E-state index contributed by atoms with van der Waals surface area (Å²) in [5.41, 5.74) is 1.32. The van der Waals surface area contributed by atoms with Crippen molar-refractivity contribution in [3.05, 3.63) is 29.8 Å². The van der Waals surface area contributed by atoms with Gasteiger partial charge in [-0.05, 0) is 56.7 Å². The fraction of sp³-hybridized carbons (Fsp3) is 0.625. The molecule has 1 aliphatic heterocycles. The number of hydrogen-bond donors (Lipinski definition) is 0. The van der Waals surface area contributed by atoms with Crippen LogP contribution in [0.25, 0.3) is 0 Å². The van der Waals surface area contributed by atoms with E-state index >= 15 is 0 Å². The van der Waals surface area contributed by atoms with Gasteiger partial charge in [0.1, 0.15) is 5.75 Å². The number of rotatable bonds is 6. The Balaban J connectivity index is 1.79. The Kier molecular flexibility index (Phi) is 6.18. The summed E-state index contributed by atoms with van der Waals surface area (Å²) in [6, 6.07) is 8.38. The van der Waals surface area contributed by atoms with Gasteiger partial charge >= 0.3 is 0 Å². The Morgan fingerprint density at radius 2 is 2.11 bits per heavy atom. The molecule has 1 fully saturated rings.